The van der Waals surface area contributed by atoms with Gasteiger partial charge in [-0.15, -0.1) is 0 Å². The van der Waals surface area contributed by atoms with Crippen LogP contribution in [0.5, 0.6) is 11.5 Å². The molecule has 1 saturated heterocycles. The summed E-state index contributed by atoms with van der Waals surface area (Å²) in [5, 5.41) is 3.69. The molecular formula is C51H47N3O6. The number of carbonyl (C=O) groups is 1. The molecule has 1 N–H and O–H groups in total. The lowest BCUT2D eigenvalue weighted by Crippen LogP contribution is -2.43. The SMILES string of the molecule is COc1ccc(C(Nc2ccn([C@@H]3O[C@H](C(C)=O)[C@@H](C)[C@@H]3OC(c3ccccc3)(c3ccccc3)c3ccc(OC)cc3)c(=O)n2)(c2ccccc2)c2ccccc2)cc1. The molecule has 0 spiro atoms. The number of methoxy groups -OCH3 is 2. The summed E-state index contributed by atoms with van der Waals surface area (Å²) in [6.07, 6.45) is -0.985. The minimum Gasteiger partial charge on any atom is -0.497 e. The summed E-state index contributed by atoms with van der Waals surface area (Å²) < 4.78 is 26.6. The number of aromatic nitrogens is 2. The third-order valence-electron chi connectivity index (χ3n) is 11.5. The van der Waals surface area contributed by atoms with Crippen LogP contribution in [0, 0.1) is 5.92 Å². The maximum atomic E-state index is 14.5. The Morgan fingerprint density at radius 2 is 1.03 bits per heavy atom. The Balaban J connectivity index is 1.25. The summed E-state index contributed by atoms with van der Waals surface area (Å²) in [7, 11) is 3.27. The fourth-order valence-corrected chi connectivity index (χ4v) is 8.52. The lowest BCUT2D eigenvalue weighted by Gasteiger charge is -2.40. The molecule has 0 aliphatic carbocycles. The first-order chi connectivity index (χ1) is 29.3. The van der Waals surface area contributed by atoms with Gasteiger partial charge in [0.05, 0.1) is 14.2 Å². The fourth-order valence-electron chi connectivity index (χ4n) is 8.52. The van der Waals surface area contributed by atoms with E-state index in [-0.39, 0.29) is 5.78 Å². The van der Waals surface area contributed by atoms with Gasteiger partial charge in [0.2, 0.25) is 0 Å². The normalized spacial score (nSPS) is 17.8. The smallest absolute Gasteiger partial charge is 0.351 e. The van der Waals surface area contributed by atoms with E-state index in [1.54, 1.807) is 26.5 Å². The van der Waals surface area contributed by atoms with E-state index in [4.69, 9.17) is 18.9 Å². The zero-order valence-corrected chi connectivity index (χ0v) is 34.0. The fraction of sp³-hybridized carbons (Fsp3) is 0.196. The lowest BCUT2D eigenvalue weighted by molar-refractivity contribution is -0.134. The van der Waals surface area contributed by atoms with Crippen LogP contribution in [0.4, 0.5) is 5.82 Å². The highest BCUT2D eigenvalue weighted by atomic mass is 16.6. The predicted molar refractivity (Wildman–Crippen MR) is 232 cm³/mol. The average Bonchev–Trinajstić information content (AvgIpc) is 3.63. The molecule has 60 heavy (non-hydrogen) atoms. The van der Waals surface area contributed by atoms with E-state index in [0.29, 0.717) is 11.6 Å². The molecule has 0 unspecified atom stereocenters. The minimum atomic E-state index is -1.19. The highest BCUT2D eigenvalue weighted by Crippen LogP contribution is 2.47. The molecular weight excluding hydrogens is 751 g/mol. The summed E-state index contributed by atoms with van der Waals surface area (Å²) in [5.74, 6) is 1.13. The summed E-state index contributed by atoms with van der Waals surface area (Å²) in [4.78, 5) is 32.5. The van der Waals surface area contributed by atoms with Gasteiger partial charge in [-0.25, -0.2) is 4.79 Å². The van der Waals surface area contributed by atoms with Crippen LogP contribution in [0.3, 0.4) is 0 Å². The van der Waals surface area contributed by atoms with Crippen LogP contribution < -0.4 is 20.5 Å². The van der Waals surface area contributed by atoms with Crippen LogP contribution in [-0.4, -0.2) is 41.8 Å². The number of anilines is 1. The maximum absolute atomic E-state index is 14.5. The van der Waals surface area contributed by atoms with Gasteiger partial charge in [-0.1, -0.05) is 153 Å². The van der Waals surface area contributed by atoms with Crippen molar-refractivity contribution in [1.82, 2.24) is 9.55 Å². The first-order valence-corrected chi connectivity index (χ1v) is 20.0. The van der Waals surface area contributed by atoms with E-state index in [9.17, 15) is 9.59 Å². The van der Waals surface area contributed by atoms with Gasteiger partial charge >= 0.3 is 5.69 Å². The van der Waals surface area contributed by atoms with Crippen molar-refractivity contribution in [2.75, 3.05) is 19.5 Å². The van der Waals surface area contributed by atoms with Gasteiger partial charge in [0.15, 0.2) is 12.0 Å². The second-order valence-electron chi connectivity index (χ2n) is 15.0. The number of rotatable bonds is 14. The molecule has 0 saturated carbocycles. The Morgan fingerprint density at radius 3 is 1.47 bits per heavy atom. The third-order valence-corrected chi connectivity index (χ3v) is 11.5. The Hall–Kier alpha value is -6.81. The summed E-state index contributed by atoms with van der Waals surface area (Å²) in [6, 6.07) is 57.5. The van der Waals surface area contributed by atoms with Gasteiger partial charge in [0, 0.05) is 12.1 Å². The van der Waals surface area contributed by atoms with E-state index < -0.39 is 41.2 Å². The molecule has 4 atom stereocenters. The molecule has 1 fully saturated rings. The summed E-state index contributed by atoms with van der Waals surface area (Å²) in [6.45, 7) is 3.44. The van der Waals surface area contributed by atoms with Gasteiger partial charge in [-0.05, 0) is 70.6 Å². The molecule has 0 amide bonds. The van der Waals surface area contributed by atoms with Crippen molar-refractivity contribution in [2.24, 2.45) is 5.92 Å². The van der Waals surface area contributed by atoms with Gasteiger partial charge < -0.3 is 24.3 Å². The third kappa shape index (κ3) is 7.38. The minimum absolute atomic E-state index is 0.164. The molecule has 1 aliphatic heterocycles. The number of hydrogen-bond acceptors (Lipinski definition) is 8. The van der Waals surface area contributed by atoms with Crippen molar-refractivity contribution >= 4 is 11.6 Å². The molecule has 1 aliphatic rings. The van der Waals surface area contributed by atoms with Crippen molar-refractivity contribution in [2.45, 2.75) is 43.4 Å². The van der Waals surface area contributed by atoms with Gasteiger partial charge in [-0.3, -0.25) is 9.36 Å². The van der Waals surface area contributed by atoms with Crippen LogP contribution in [0.2, 0.25) is 0 Å². The number of benzene rings is 6. The Bertz CT molecular complexity index is 2490. The van der Waals surface area contributed by atoms with Crippen LogP contribution in [-0.2, 0) is 25.4 Å². The van der Waals surface area contributed by atoms with E-state index >= 15 is 0 Å². The highest BCUT2D eigenvalue weighted by molar-refractivity contribution is 5.81. The van der Waals surface area contributed by atoms with Gasteiger partial charge in [0.1, 0.15) is 40.7 Å². The van der Waals surface area contributed by atoms with Gasteiger partial charge in [-0.2, -0.15) is 4.98 Å². The monoisotopic (exact) mass is 797 g/mol. The Kier molecular flexibility index (Phi) is 11.5. The summed E-state index contributed by atoms with van der Waals surface area (Å²) in [5.41, 5.74) is 2.61. The quantitative estimate of drug-likeness (QED) is 0.109. The van der Waals surface area contributed by atoms with Gasteiger partial charge in [0.25, 0.3) is 0 Å². The molecule has 0 radical (unpaired) electrons. The molecule has 302 valence electrons. The lowest BCUT2D eigenvalue weighted by atomic mass is 9.77. The summed E-state index contributed by atoms with van der Waals surface area (Å²) >= 11 is 0. The first kappa shape index (κ1) is 40.0. The van der Waals surface area contributed by atoms with Crippen molar-refractivity contribution in [1.29, 1.82) is 0 Å². The van der Waals surface area contributed by atoms with Crippen LogP contribution in [0.25, 0.3) is 0 Å². The second kappa shape index (κ2) is 17.2. The molecule has 1 aromatic heterocycles. The average molecular weight is 798 g/mol. The topological polar surface area (TPSA) is 101 Å². The van der Waals surface area contributed by atoms with Crippen molar-refractivity contribution < 1.29 is 23.7 Å². The molecule has 9 nitrogen and oxygen atoms in total. The number of nitrogens with one attached hydrogen (secondary N) is 1. The molecule has 8 rings (SSSR count). The van der Waals surface area contributed by atoms with Crippen molar-refractivity contribution in [3.8, 4) is 11.5 Å². The number of carbonyl (C=O) groups excluding carboxylic acids is 1. The number of ether oxygens (including phenoxy) is 4. The Morgan fingerprint density at radius 1 is 0.617 bits per heavy atom. The maximum Gasteiger partial charge on any atom is 0.351 e. The largest absolute Gasteiger partial charge is 0.497 e. The Labute approximate surface area is 350 Å². The van der Waals surface area contributed by atoms with E-state index in [0.717, 1.165) is 39.1 Å². The molecule has 2 heterocycles. The van der Waals surface area contributed by atoms with E-state index in [1.807, 2.05) is 153 Å². The van der Waals surface area contributed by atoms with Crippen LogP contribution in [0.1, 0.15) is 53.5 Å². The number of Topliss-reactive ketones (excluding diaryl/α,β-unsaturated/α-hetero) is 1. The molecule has 6 aromatic carbocycles. The van der Waals surface area contributed by atoms with Crippen LogP contribution in [0.15, 0.2) is 187 Å². The van der Waals surface area contributed by atoms with Crippen molar-refractivity contribution in [3.63, 3.8) is 0 Å². The van der Waals surface area contributed by atoms with Crippen molar-refractivity contribution in [3.05, 3.63) is 226 Å². The molecule has 9 heteroatoms. The molecule has 7 aromatic rings. The zero-order chi connectivity index (χ0) is 41.7. The molecule has 0 bridgehead atoms. The zero-order valence-electron chi connectivity index (χ0n) is 34.0. The van der Waals surface area contributed by atoms with E-state index in [2.05, 4.69) is 34.6 Å². The number of hydrogen-bond donors (Lipinski definition) is 1. The first-order valence-electron chi connectivity index (χ1n) is 20.0. The number of ketones is 1. The second-order valence-corrected chi connectivity index (χ2v) is 15.0. The number of nitrogens with zero attached hydrogens (tertiary/aromatic N) is 2. The standard InChI is InChI=1S/C51H47N3O6/c1-35-46(36(2)55)59-48(47(35)60-51(40-21-13-7-14-22-40,41-23-15-8-16-24-41)42-27-31-44(58-4)32-28-42)54-34-33-45(52-49(54)56)53-50(37-17-9-5-10-18-37,38-19-11-6-12-20-38)39-25-29-43(57-3)30-26-39/h5-35,46-48H,1-4H3,(H,52,53,56)/t35-,46+,47+,48-/m1/s1. The van der Waals surface area contributed by atoms with Crippen LogP contribution >= 0.6 is 0 Å². The van der Waals surface area contributed by atoms with E-state index in [1.165, 1.54) is 11.5 Å². The predicted octanol–water partition coefficient (Wildman–Crippen LogP) is 9.16. The highest BCUT2D eigenvalue weighted by Gasteiger charge is 2.51.